The number of piperidine rings is 3. The Morgan fingerprint density at radius 3 is 2.35 bits per heavy atom. The monoisotopic (exact) mass is 233 g/mol. The molecule has 3 aliphatic heterocycles. The number of fused-ring (bicyclic) bond motifs is 3. The van der Waals surface area contributed by atoms with Gasteiger partial charge >= 0.3 is 0 Å². The van der Waals surface area contributed by atoms with E-state index in [1.807, 2.05) is 24.3 Å². The van der Waals surface area contributed by atoms with Crippen LogP contribution in [-0.2, 0) is 5.60 Å². The summed E-state index contributed by atoms with van der Waals surface area (Å²) in [4.78, 5) is 2.37. The van der Waals surface area contributed by atoms with Crippen molar-refractivity contribution in [1.29, 1.82) is 0 Å². The van der Waals surface area contributed by atoms with Gasteiger partial charge in [-0.25, -0.2) is 0 Å². The molecule has 0 saturated carbocycles. The molecule has 1 atom stereocenters. The molecule has 0 unspecified atom stereocenters. The van der Waals surface area contributed by atoms with E-state index >= 15 is 0 Å². The molecule has 1 N–H and O–H groups in total. The van der Waals surface area contributed by atoms with Gasteiger partial charge in [0.05, 0.1) is 7.11 Å². The zero-order valence-corrected chi connectivity index (χ0v) is 10.2. The van der Waals surface area contributed by atoms with Gasteiger partial charge in [-0.1, -0.05) is 12.1 Å². The highest BCUT2D eigenvalue weighted by atomic mass is 16.5. The van der Waals surface area contributed by atoms with Gasteiger partial charge in [0.25, 0.3) is 0 Å². The first kappa shape index (κ1) is 11.1. The molecule has 17 heavy (non-hydrogen) atoms. The molecule has 4 rings (SSSR count). The minimum Gasteiger partial charge on any atom is -0.497 e. The van der Waals surface area contributed by atoms with Gasteiger partial charge in [0.15, 0.2) is 0 Å². The van der Waals surface area contributed by atoms with E-state index in [-0.39, 0.29) is 0 Å². The van der Waals surface area contributed by atoms with Crippen molar-refractivity contribution in [3.05, 3.63) is 29.8 Å². The molecule has 0 amide bonds. The summed E-state index contributed by atoms with van der Waals surface area (Å²) in [5, 5.41) is 10.9. The minimum atomic E-state index is -0.650. The van der Waals surface area contributed by atoms with Crippen LogP contribution in [0.25, 0.3) is 0 Å². The molecule has 2 bridgehead atoms. The van der Waals surface area contributed by atoms with E-state index in [2.05, 4.69) is 4.90 Å². The summed E-state index contributed by atoms with van der Waals surface area (Å²) in [5.74, 6) is 1.26. The number of hydrogen-bond donors (Lipinski definition) is 1. The normalized spacial score (nSPS) is 35.9. The van der Waals surface area contributed by atoms with Crippen LogP contribution in [0.5, 0.6) is 5.75 Å². The Bertz CT molecular complexity index is 395. The number of benzene rings is 1. The fraction of sp³-hybridized carbons (Fsp3) is 0.571. The smallest absolute Gasteiger partial charge is 0.118 e. The maximum Gasteiger partial charge on any atom is 0.118 e. The van der Waals surface area contributed by atoms with Crippen LogP contribution >= 0.6 is 0 Å². The lowest BCUT2D eigenvalue weighted by Gasteiger charge is -2.50. The van der Waals surface area contributed by atoms with E-state index in [0.29, 0.717) is 5.92 Å². The first-order chi connectivity index (χ1) is 8.22. The summed E-state index contributed by atoms with van der Waals surface area (Å²) in [6, 6.07) is 7.87. The molecule has 1 aromatic rings. The second-order valence-corrected chi connectivity index (χ2v) is 5.20. The van der Waals surface area contributed by atoms with E-state index in [4.69, 9.17) is 4.74 Å². The topological polar surface area (TPSA) is 32.7 Å². The Hall–Kier alpha value is -1.06. The summed E-state index contributed by atoms with van der Waals surface area (Å²) in [6.45, 7) is 3.07. The SMILES string of the molecule is COc1ccc([C@]2(O)CN3CCC2CC3)cc1. The summed E-state index contributed by atoms with van der Waals surface area (Å²) in [5.41, 5.74) is 0.385. The number of rotatable bonds is 2. The first-order valence-electron chi connectivity index (χ1n) is 6.31. The lowest BCUT2D eigenvalue weighted by atomic mass is 9.72. The highest BCUT2D eigenvalue weighted by Gasteiger charge is 2.46. The first-order valence-corrected chi connectivity index (χ1v) is 6.31. The van der Waals surface area contributed by atoms with Crippen LogP contribution in [0.2, 0.25) is 0 Å². The Balaban J connectivity index is 1.91. The Morgan fingerprint density at radius 1 is 1.24 bits per heavy atom. The number of aliphatic hydroxyl groups is 1. The van der Waals surface area contributed by atoms with Gasteiger partial charge in [0.1, 0.15) is 11.4 Å². The average Bonchev–Trinajstić information content (AvgIpc) is 2.40. The molecular formula is C14H19NO2. The predicted octanol–water partition coefficient (Wildman–Crippen LogP) is 1.61. The summed E-state index contributed by atoms with van der Waals surface area (Å²) >= 11 is 0. The number of hydrogen-bond acceptors (Lipinski definition) is 3. The molecule has 3 nitrogen and oxygen atoms in total. The van der Waals surface area contributed by atoms with Gasteiger partial charge in [-0.05, 0) is 49.5 Å². The van der Waals surface area contributed by atoms with Crippen LogP contribution in [0.1, 0.15) is 18.4 Å². The number of methoxy groups -OCH3 is 1. The number of ether oxygens (including phenoxy) is 1. The van der Waals surface area contributed by atoms with Crippen molar-refractivity contribution in [3.63, 3.8) is 0 Å². The van der Waals surface area contributed by atoms with Crippen molar-refractivity contribution in [3.8, 4) is 5.75 Å². The van der Waals surface area contributed by atoms with E-state index in [0.717, 1.165) is 43.8 Å². The van der Waals surface area contributed by atoms with Crippen LogP contribution < -0.4 is 4.74 Å². The summed E-state index contributed by atoms with van der Waals surface area (Å²) < 4.78 is 5.16. The van der Waals surface area contributed by atoms with Crippen molar-refractivity contribution >= 4 is 0 Å². The molecule has 0 aromatic heterocycles. The van der Waals surface area contributed by atoms with Gasteiger partial charge in [-0.3, -0.25) is 0 Å². The van der Waals surface area contributed by atoms with Crippen LogP contribution in [0, 0.1) is 5.92 Å². The molecule has 0 spiro atoms. The molecule has 3 saturated heterocycles. The zero-order valence-electron chi connectivity index (χ0n) is 10.2. The third-order valence-electron chi connectivity index (χ3n) is 4.32. The molecule has 0 radical (unpaired) electrons. The fourth-order valence-corrected chi connectivity index (χ4v) is 3.25. The minimum absolute atomic E-state index is 0.417. The molecule has 92 valence electrons. The van der Waals surface area contributed by atoms with Gasteiger partial charge in [0.2, 0.25) is 0 Å². The molecule has 3 fully saturated rings. The van der Waals surface area contributed by atoms with E-state index in [9.17, 15) is 5.11 Å². The Labute approximate surface area is 102 Å². The fourth-order valence-electron chi connectivity index (χ4n) is 3.25. The van der Waals surface area contributed by atoms with Gasteiger partial charge in [-0.15, -0.1) is 0 Å². The van der Waals surface area contributed by atoms with E-state index < -0.39 is 5.60 Å². The lowest BCUT2D eigenvalue weighted by Crippen LogP contribution is -2.57. The van der Waals surface area contributed by atoms with Gasteiger partial charge in [-0.2, -0.15) is 0 Å². The third-order valence-corrected chi connectivity index (χ3v) is 4.32. The summed E-state index contributed by atoms with van der Waals surface area (Å²) in [7, 11) is 1.66. The summed E-state index contributed by atoms with van der Waals surface area (Å²) in [6.07, 6.45) is 2.23. The predicted molar refractivity (Wildman–Crippen MR) is 66.1 cm³/mol. The maximum atomic E-state index is 10.9. The average molecular weight is 233 g/mol. The standard InChI is InChI=1S/C14H19NO2/c1-17-13-4-2-11(3-5-13)14(16)10-15-8-6-12(14)7-9-15/h2-5,12,16H,6-10H2,1H3/t14-/m1/s1. The molecule has 3 heterocycles. The van der Waals surface area contributed by atoms with Crippen molar-refractivity contribution in [1.82, 2.24) is 4.90 Å². The van der Waals surface area contributed by atoms with Crippen molar-refractivity contribution < 1.29 is 9.84 Å². The second kappa shape index (κ2) is 4.00. The largest absolute Gasteiger partial charge is 0.497 e. The number of nitrogens with zero attached hydrogens (tertiary/aromatic N) is 1. The third kappa shape index (κ3) is 1.74. The second-order valence-electron chi connectivity index (χ2n) is 5.20. The zero-order chi connectivity index (χ0) is 11.9. The maximum absolute atomic E-state index is 10.9. The van der Waals surface area contributed by atoms with Crippen LogP contribution in [-0.4, -0.2) is 36.8 Å². The van der Waals surface area contributed by atoms with E-state index in [1.54, 1.807) is 7.11 Å². The van der Waals surface area contributed by atoms with Crippen LogP contribution in [0.15, 0.2) is 24.3 Å². The Kier molecular flexibility index (Phi) is 2.60. The molecule has 1 aromatic carbocycles. The van der Waals surface area contributed by atoms with Crippen molar-refractivity contribution in [2.24, 2.45) is 5.92 Å². The van der Waals surface area contributed by atoms with Crippen LogP contribution in [0.4, 0.5) is 0 Å². The molecule has 3 aliphatic rings. The van der Waals surface area contributed by atoms with Crippen molar-refractivity contribution in [2.45, 2.75) is 18.4 Å². The van der Waals surface area contributed by atoms with E-state index in [1.165, 1.54) is 0 Å². The highest BCUT2D eigenvalue weighted by Crippen LogP contribution is 2.42. The highest BCUT2D eigenvalue weighted by molar-refractivity contribution is 5.32. The molecular weight excluding hydrogens is 214 g/mol. The lowest BCUT2D eigenvalue weighted by molar-refractivity contribution is -0.117. The Morgan fingerprint density at radius 2 is 1.88 bits per heavy atom. The van der Waals surface area contributed by atoms with Gasteiger partial charge < -0.3 is 14.7 Å². The van der Waals surface area contributed by atoms with Crippen molar-refractivity contribution in [2.75, 3.05) is 26.7 Å². The molecule has 3 heteroatoms. The van der Waals surface area contributed by atoms with Crippen LogP contribution in [0.3, 0.4) is 0 Å². The van der Waals surface area contributed by atoms with Gasteiger partial charge in [0, 0.05) is 6.54 Å². The molecule has 0 aliphatic carbocycles. The quantitative estimate of drug-likeness (QED) is 0.842.